The molecule has 30 heavy (non-hydrogen) atoms. The lowest BCUT2D eigenvalue weighted by Gasteiger charge is -2.26. The zero-order valence-corrected chi connectivity index (χ0v) is 16.8. The van der Waals surface area contributed by atoms with E-state index in [2.05, 4.69) is 15.0 Å². The standard InChI is InChI=1S/C22H19F2N3O2S/c1-14(16-8-3-5-11-19(16)24)17-9-6-12-20-21(17)26-22(27-30(20,28)29)25-13-15-7-2-4-10-18(15)23/h2-12,14H,13H2,1H3,(H2,25,26,27)/t14-/m1/s1/i9D. The minimum Gasteiger partial charge on any atom is -0.324 e. The van der Waals surface area contributed by atoms with E-state index in [1.165, 1.54) is 24.3 Å². The monoisotopic (exact) mass is 428 g/mol. The topological polar surface area (TPSA) is 70.6 Å². The van der Waals surface area contributed by atoms with Crippen LogP contribution in [0.3, 0.4) is 0 Å². The van der Waals surface area contributed by atoms with Crippen molar-refractivity contribution in [2.45, 2.75) is 24.3 Å². The minimum absolute atomic E-state index is 0.0626. The van der Waals surface area contributed by atoms with E-state index >= 15 is 0 Å². The second-order valence-corrected chi connectivity index (χ2v) is 8.51. The molecule has 8 heteroatoms. The summed E-state index contributed by atoms with van der Waals surface area (Å²) < 4.78 is 64.6. The number of aliphatic imine (C=N–C) groups is 1. The average Bonchev–Trinajstić information content (AvgIpc) is 2.72. The van der Waals surface area contributed by atoms with Crippen molar-refractivity contribution < 1.29 is 18.6 Å². The van der Waals surface area contributed by atoms with Gasteiger partial charge in [0, 0.05) is 11.5 Å². The second kappa shape index (κ2) is 7.87. The maximum Gasteiger partial charge on any atom is 0.266 e. The summed E-state index contributed by atoms with van der Waals surface area (Å²) in [4.78, 5) is 4.11. The normalized spacial score (nSPS) is 17.4. The first kappa shape index (κ1) is 18.7. The number of hydrogen-bond donors (Lipinski definition) is 2. The van der Waals surface area contributed by atoms with E-state index in [9.17, 15) is 17.2 Å². The smallest absolute Gasteiger partial charge is 0.266 e. The zero-order valence-electron chi connectivity index (χ0n) is 17.0. The van der Waals surface area contributed by atoms with E-state index in [0.717, 1.165) is 0 Å². The first-order valence-electron chi connectivity index (χ1n) is 9.73. The van der Waals surface area contributed by atoms with Gasteiger partial charge in [-0.05, 0) is 29.3 Å². The zero-order chi connectivity index (χ0) is 22.2. The highest BCUT2D eigenvalue weighted by atomic mass is 32.2. The number of para-hydroxylation sites is 1. The molecule has 1 atom stereocenters. The molecule has 0 bridgehead atoms. The lowest BCUT2D eigenvalue weighted by Crippen LogP contribution is -2.41. The molecule has 5 nitrogen and oxygen atoms in total. The third kappa shape index (κ3) is 3.78. The molecule has 0 unspecified atom stereocenters. The first-order chi connectivity index (χ1) is 14.8. The summed E-state index contributed by atoms with van der Waals surface area (Å²) in [6.07, 6.45) is 0. The summed E-state index contributed by atoms with van der Waals surface area (Å²) in [6, 6.07) is 15.0. The van der Waals surface area contributed by atoms with Crippen molar-refractivity contribution in [3.8, 4) is 0 Å². The summed E-state index contributed by atoms with van der Waals surface area (Å²) >= 11 is 0. The fourth-order valence-corrected chi connectivity index (χ4v) is 4.52. The predicted molar refractivity (Wildman–Crippen MR) is 112 cm³/mol. The molecule has 0 saturated carbocycles. The molecule has 3 aromatic carbocycles. The fourth-order valence-electron chi connectivity index (χ4n) is 3.36. The summed E-state index contributed by atoms with van der Waals surface area (Å²) in [6.45, 7) is 1.62. The maximum absolute atomic E-state index is 14.4. The summed E-state index contributed by atoms with van der Waals surface area (Å²) in [5.74, 6) is -1.59. The van der Waals surface area contributed by atoms with Crippen LogP contribution in [0, 0.1) is 11.6 Å². The lowest BCUT2D eigenvalue weighted by atomic mass is 9.91. The van der Waals surface area contributed by atoms with Crippen LogP contribution >= 0.6 is 0 Å². The number of halogens is 2. The highest BCUT2D eigenvalue weighted by Crippen LogP contribution is 2.36. The number of guanidine groups is 1. The molecule has 0 fully saturated rings. The number of fused-ring (bicyclic) bond motifs is 1. The van der Waals surface area contributed by atoms with Crippen LogP contribution in [0.5, 0.6) is 0 Å². The summed E-state index contributed by atoms with van der Waals surface area (Å²) in [5.41, 5.74) is 1.13. The highest BCUT2D eigenvalue weighted by molar-refractivity contribution is 7.90. The van der Waals surface area contributed by atoms with Crippen molar-refractivity contribution in [1.82, 2.24) is 4.72 Å². The molecule has 4 rings (SSSR count). The third-order valence-electron chi connectivity index (χ3n) is 4.92. The molecule has 0 aromatic heterocycles. The highest BCUT2D eigenvalue weighted by Gasteiger charge is 2.30. The molecule has 0 spiro atoms. The van der Waals surface area contributed by atoms with Crippen LogP contribution < -0.4 is 10.0 Å². The van der Waals surface area contributed by atoms with Crippen LogP contribution in [0.2, 0.25) is 0 Å². The van der Waals surface area contributed by atoms with Gasteiger partial charge in [0.2, 0.25) is 5.96 Å². The molecular formula is C22H19F2N3O2S. The van der Waals surface area contributed by atoms with Gasteiger partial charge in [0.1, 0.15) is 16.5 Å². The van der Waals surface area contributed by atoms with Gasteiger partial charge in [0.15, 0.2) is 0 Å². The van der Waals surface area contributed by atoms with Gasteiger partial charge in [-0.2, -0.15) is 0 Å². The predicted octanol–water partition coefficient (Wildman–Crippen LogP) is 4.38. The molecule has 1 heterocycles. The van der Waals surface area contributed by atoms with E-state index in [4.69, 9.17) is 1.37 Å². The molecule has 1 aliphatic rings. The van der Waals surface area contributed by atoms with Gasteiger partial charge in [0.05, 0.1) is 13.6 Å². The Bertz CT molecular complexity index is 1300. The van der Waals surface area contributed by atoms with Gasteiger partial charge >= 0.3 is 0 Å². The number of sulfonamides is 1. The van der Waals surface area contributed by atoms with Crippen molar-refractivity contribution in [3.05, 3.63) is 95.0 Å². The Hall–Kier alpha value is -3.26. The van der Waals surface area contributed by atoms with E-state index in [-0.39, 0.29) is 29.1 Å². The minimum atomic E-state index is -3.98. The third-order valence-corrected chi connectivity index (χ3v) is 6.30. The van der Waals surface area contributed by atoms with Crippen molar-refractivity contribution >= 4 is 21.7 Å². The van der Waals surface area contributed by atoms with Crippen molar-refractivity contribution in [3.63, 3.8) is 0 Å². The largest absolute Gasteiger partial charge is 0.324 e. The number of rotatable bonds is 4. The Balaban J connectivity index is 1.78. The van der Waals surface area contributed by atoms with Crippen LogP contribution in [0.25, 0.3) is 0 Å². The number of nitrogens with zero attached hydrogens (tertiary/aromatic N) is 1. The molecule has 0 aliphatic carbocycles. The van der Waals surface area contributed by atoms with Crippen LogP contribution in [-0.4, -0.2) is 14.4 Å². The molecular weight excluding hydrogens is 408 g/mol. The van der Waals surface area contributed by atoms with Gasteiger partial charge in [-0.1, -0.05) is 55.4 Å². The molecule has 0 amide bonds. The van der Waals surface area contributed by atoms with E-state index in [1.807, 2.05) is 0 Å². The Labute approximate surface area is 174 Å². The molecule has 2 N–H and O–H groups in total. The molecule has 3 aromatic rings. The van der Waals surface area contributed by atoms with Crippen molar-refractivity contribution in [1.29, 1.82) is 0 Å². The van der Waals surface area contributed by atoms with Crippen molar-refractivity contribution in [2.24, 2.45) is 4.99 Å². The van der Waals surface area contributed by atoms with Crippen LogP contribution in [-0.2, 0) is 16.6 Å². The summed E-state index contributed by atoms with van der Waals surface area (Å²) in [7, 11) is -3.98. The van der Waals surface area contributed by atoms with Gasteiger partial charge in [-0.25, -0.2) is 26.9 Å². The molecule has 0 saturated heterocycles. The summed E-state index contributed by atoms with van der Waals surface area (Å²) in [5, 5.41) is 2.92. The van der Waals surface area contributed by atoms with E-state index in [0.29, 0.717) is 16.7 Å². The Morgan fingerprint density at radius 3 is 2.43 bits per heavy atom. The molecule has 1 aliphatic heterocycles. The average molecular weight is 428 g/mol. The van der Waals surface area contributed by atoms with Gasteiger partial charge in [0.25, 0.3) is 10.0 Å². The Morgan fingerprint density at radius 1 is 1.00 bits per heavy atom. The fraction of sp³-hybridized carbons (Fsp3) is 0.136. The van der Waals surface area contributed by atoms with E-state index < -0.39 is 27.6 Å². The van der Waals surface area contributed by atoms with Gasteiger partial charge in [-0.15, -0.1) is 0 Å². The lowest BCUT2D eigenvalue weighted by molar-refractivity contribution is 0.591. The molecule has 154 valence electrons. The van der Waals surface area contributed by atoms with Gasteiger partial charge in [-0.3, -0.25) is 0 Å². The van der Waals surface area contributed by atoms with Crippen LogP contribution in [0.4, 0.5) is 14.5 Å². The second-order valence-electron chi connectivity index (χ2n) is 6.86. The first-order valence-corrected chi connectivity index (χ1v) is 10.7. The van der Waals surface area contributed by atoms with Crippen molar-refractivity contribution in [2.75, 3.05) is 5.32 Å². The number of nitrogens with one attached hydrogen (secondary N) is 2. The van der Waals surface area contributed by atoms with Crippen LogP contribution in [0.1, 0.15) is 30.9 Å². The number of benzene rings is 3. The number of hydrogen-bond acceptors (Lipinski definition) is 3. The van der Waals surface area contributed by atoms with Crippen LogP contribution in [0.15, 0.2) is 76.6 Å². The maximum atomic E-state index is 14.4. The Kier molecular flexibility index (Phi) is 4.92. The SMILES string of the molecule is [2H]c1ccc2c(c1[C@H](C)c1ccccc1F)NC(=NCc1ccccc1F)NS2(=O)=O. The quantitative estimate of drug-likeness (QED) is 0.648. The Morgan fingerprint density at radius 2 is 1.70 bits per heavy atom. The van der Waals surface area contributed by atoms with Gasteiger partial charge < -0.3 is 5.32 Å². The van der Waals surface area contributed by atoms with E-state index in [1.54, 1.807) is 43.3 Å². The number of anilines is 1. The molecule has 0 radical (unpaired) electrons.